The van der Waals surface area contributed by atoms with E-state index in [-0.39, 0.29) is 13.2 Å². The van der Waals surface area contributed by atoms with Crippen molar-refractivity contribution in [3.63, 3.8) is 0 Å². The highest BCUT2D eigenvalue weighted by atomic mass is 16.6. The lowest BCUT2D eigenvalue weighted by Crippen LogP contribution is -2.51. The van der Waals surface area contributed by atoms with Crippen molar-refractivity contribution < 1.29 is 28.4 Å². The zero-order valence-corrected chi connectivity index (χ0v) is 26.7. The van der Waals surface area contributed by atoms with Crippen molar-refractivity contribution in [1.29, 1.82) is 0 Å². The molecule has 0 bridgehead atoms. The van der Waals surface area contributed by atoms with E-state index < -0.39 is 17.1 Å². The summed E-state index contributed by atoms with van der Waals surface area (Å²) < 4.78 is 38.1. The Morgan fingerprint density at radius 2 is 1.46 bits per heavy atom. The quantitative estimate of drug-likeness (QED) is 0.161. The van der Waals surface area contributed by atoms with Crippen LogP contribution in [0.1, 0.15) is 33.9 Å². The largest absolute Gasteiger partial charge is 0.497 e. The van der Waals surface area contributed by atoms with Crippen LogP contribution in [0.25, 0.3) is 11.4 Å². The van der Waals surface area contributed by atoms with Crippen molar-refractivity contribution in [3.05, 3.63) is 125 Å². The number of fused-ring (bicyclic) bond motifs is 5. The Hall–Kier alpha value is -5.96. The van der Waals surface area contributed by atoms with Gasteiger partial charge in [0.1, 0.15) is 29.6 Å². The maximum Gasteiger partial charge on any atom is 0.222 e. The van der Waals surface area contributed by atoms with Gasteiger partial charge in [0.25, 0.3) is 0 Å². The number of hydrogen-bond donors (Lipinski definition) is 0. The van der Waals surface area contributed by atoms with E-state index in [2.05, 4.69) is 11.8 Å². The molecular formula is C40H32N2O6. The highest BCUT2D eigenvalue weighted by molar-refractivity contribution is 5.72. The van der Waals surface area contributed by atoms with E-state index in [9.17, 15) is 0 Å². The van der Waals surface area contributed by atoms with E-state index in [1.807, 2.05) is 91.0 Å². The van der Waals surface area contributed by atoms with Crippen LogP contribution in [0.15, 0.2) is 97.1 Å². The van der Waals surface area contributed by atoms with Crippen LogP contribution < -0.4 is 23.7 Å². The molecule has 0 radical (unpaired) electrons. The van der Waals surface area contributed by atoms with Crippen molar-refractivity contribution in [2.45, 2.75) is 17.1 Å². The number of terminal acetylenes is 2. The Kier molecular flexibility index (Phi) is 7.88. The standard InChI is InChI=1S/C40H32N2O6/c1-6-22-46-38-33-34(26-14-10-8-11-15-26)39(28-18-20-29(43-3)21-19-28)40(47-23-7-2,35-31(45-5)24-30(44-4)25-32(35)48-39)36(33)41-37(42-38)27-16-12-9-13-17-27/h1-2,8-21,24-25,34H,22-23H2,3-5H3/t34-,39+,40+/m1/s1. The van der Waals surface area contributed by atoms with E-state index in [0.717, 1.165) is 16.7 Å². The van der Waals surface area contributed by atoms with Gasteiger partial charge in [-0.05, 0) is 17.7 Å². The predicted molar refractivity (Wildman–Crippen MR) is 180 cm³/mol. The maximum atomic E-state index is 7.36. The van der Waals surface area contributed by atoms with E-state index >= 15 is 0 Å². The first-order valence-corrected chi connectivity index (χ1v) is 15.3. The van der Waals surface area contributed by atoms with Gasteiger partial charge in [-0.1, -0.05) is 84.6 Å². The average molecular weight is 637 g/mol. The third-order valence-electron chi connectivity index (χ3n) is 8.93. The van der Waals surface area contributed by atoms with Crippen LogP contribution in [0.3, 0.4) is 0 Å². The number of rotatable bonds is 10. The number of ether oxygens (including phenoxy) is 6. The SMILES string of the molecule is C#CCOc1nc(-c2ccccc2)nc2c1[C@@H](c1ccccc1)[C@]1(c3ccc(OC)cc3)Oc3cc(OC)cc(OC)c3[C@]21OCC#C. The van der Waals surface area contributed by atoms with Crippen LogP contribution in [-0.2, 0) is 15.9 Å². The molecule has 0 unspecified atom stereocenters. The molecule has 238 valence electrons. The Bertz CT molecular complexity index is 2050. The monoisotopic (exact) mass is 636 g/mol. The molecule has 0 saturated heterocycles. The molecule has 0 saturated carbocycles. The zero-order chi connectivity index (χ0) is 33.3. The number of benzene rings is 4. The molecule has 0 fully saturated rings. The number of nitrogens with zero attached hydrogens (tertiary/aromatic N) is 2. The van der Waals surface area contributed by atoms with Crippen LogP contribution >= 0.6 is 0 Å². The summed E-state index contributed by atoms with van der Waals surface area (Å²) in [4.78, 5) is 10.3. The lowest BCUT2D eigenvalue weighted by Gasteiger charge is -2.42. The number of hydrogen-bond acceptors (Lipinski definition) is 8. The fraction of sp³-hybridized carbons (Fsp3) is 0.200. The van der Waals surface area contributed by atoms with Crippen molar-refractivity contribution in [1.82, 2.24) is 9.97 Å². The van der Waals surface area contributed by atoms with E-state index in [0.29, 0.717) is 51.5 Å². The Labute approximate surface area is 279 Å². The minimum atomic E-state index is -1.49. The van der Waals surface area contributed by atoms with Crippen LogP contribution in [0.4, 0.5) is 0 Å². The maximum absolute atomic E-state index is 7.36. The Morgan fingerprint density at radius 3 is 2.10 bits per heavy atom. The van der Waals surface area contributed by atoms with Gasteiger partial charge in [-0.2, -0.15) is 4.98 Å². The molecule has 7 rings (SSSR count). The summed E-state index contributed by atoms with van der Waals surface area (Å²) in [6, 6.07) is 31.0. The van der Waals surface area contributed by atoms with Crippen molar-refractivity contribution in [2.24, 2.45) is 0 Å². The first-order chi connectivity index (χ1) is 23.6. The van der Waals surface area contributed by atoms with Gasteiger partial charge in [0.05, 0.1) is 44.1 Å². The molecule has 48 heavy (non-hydrogen) atoms. The average Bonchev–Trinajstić information content (AvgIpc) is 3.57. The molecule has 1 aliphatic carbocycles. The zero-order valence-electron chi connectivity index (χ0n) is 26.7. The minimum absolute atomic E-state index is 0.0229. The molecule has 8 nitrogen and oxygen atoms in total. The number of methoxy groups -OCH3 is 3. The van der Waals surface area contributed by atoms with Crippen LogP contribution in [0.5, 0.6) is 28.9 Å². The summed E-state index contributed by atoms with van der Waals surface area (Å²) in [6.45, 7) is -0.104. The highest BCUT2D eigenvalue weighted by Gasteiger charge is 2.75. The molecule has 2 aliphatic rings. The number of aromatic nitrogens is 2. The smallest absolute Gasteiger partial charge is 0.222 e. The summed E-state index contributed by atoms with van der Waals surface area (Å²) in [5, 5.41) is 0. The van der Waals surface area contributed by atoms with E-state index in [1.165, 1.54) is 0 Å². The van der Waals surface area contributed by atoms with Crippen LogP contribution in [0, 0.1) is 24.7 Å². The molecule has 0 spiro atoms. The summed E-state index contributed by atoms with van der Waals surface area (Å²) >= 11 is 0. The normalized spacial score (nSPS) is 19.9. The second kappa shape index (κ2) is 12.3. The molecule has 0 amide bonds. The van der Waals surface area contributed by atoms with Crippen molar-refractivity contribution in [3.8, 4) is 65.0 Å². The Morgan fingerprint density at radius 1 is 0.771 bits per heavy atom. The molecule has 2 heterocycles. The van der Waals surface area contributed by atoms with Gasteiger partial charge in [-0.15, -0.1) is 12.8 Å². The minimum Gasteiger partial charge on any atom is -0.497 e. The second-order valence-electron chi connectivity index (χ2n) is 11.3. The van der Waals surface area contributed by atoms with Gasteiger partial charge in [0.2, 0.25) is 5.88 Å². The van der Waals surface area contributed by atoms with Gasteiger partial charge in [0, 0.05) is 23.3 Å². The molecule has 4 aromatic carbocycles. The van der Waals surface area contributed by atoms with Gasteiger partial charge in [-0.25, -0.2) is 4.98 Å². The molecule has 0 N–H and O–H groups in total. The van der Waals surface area contributed by atoms with Gasteiger partial charge in [0.15, 0.2) is 23.6 Å². The predicted octanol–water partition coefficient (Wildman–Crippen LogP) is 6.51. The topological polar surface area (TPSA) is 81.2 Å². The fourth-order valence-corrected chi connectivity index (χ4v) is 7.09. The molecule has 3 atom stereocenters. The Balaban J connectivity index is 1.69. The molecule has 5 aromatic rings. The summed E-state index contributed by atoms with van der Waals surface area (Å²) in [5.41, 5.74) is 1.39. The van der Waals surface area contributed by atoms with Gasteiger partial charge in [-0.3, -0.25) is 0 Å². The van der Waals surface area contributed by atoms with Gasteiger partial charge >= 0.3 is 0 Å². The molecule has 1 aliphatic heterocycles. The summed E-state index contributed by atoms with van der Waals surface area (Å²) in [6.07, 6.45) is 11.7. The van der Waals surface area contributed by atoms with E-state index in [4.69, 9.17) is 51.2 Å². The third-order valence-corrected chi connectivity index (χ3v) is 8.93. The summed E-state index contributed by atoms with van der Waals surface area (Å²) in [7, 11) is 4.82. The second-order valence-corrected chi connectivity index (χ2v) is 11.3. The molecule has 1 aromatic heterocycles. The lowest BCUT2D eigenvalue weighted by molar-refractivity contribution is -0.124. The first kappa shape index (κ1) is 30.7. The third kappa shape index (κ3) is 4.45. The van der Waals surface area contributed by atoms with Crippen LogP contribution in [-0.4, -0.2) is 44.5 Å². The lowest BCUT2D eigenvalue weighted by atomic mass is 9.70. The molecular weight excluding hydrogens is 604 g/mol. The van der Waals surface area contributed by atoms with Crippen molar-refractivity contribution >= 4 is 0 Å². The van der Waals surface area contributed by atoms with Crippen molar-refractivity contribution in [2.75, 3.05) is 34.5 Å². The summed E-state index contributed by atoms with van der Waals surface area (Å²) in [5.74, 6) is 7.62. The molecule has 8 heteroatoms. The highest BCUT2D eigenvalue weighted by Crippen LogP contribution is 2.72. The van der Waals surface area contributed by atoms with Gasteiger partial charge < -0.3 is 28.4 Å². The first-order valence-electron chi connectivity index (χ1n) is 15.3. The van der Waals surface area contributed by atoms with E-state index in [1.54, 1.807) is 27.4 Å². The van der Waals surface area contributed by atoms with Crippen LogP contribution in [0.2, 0.25) is 0 Å². The fourth-order valence-electron chi connectivity index (χ4n) is 7.09.